The maximum absolute atomic E-state index is 13.5. The molecule has 0 aliphatic carbocycles. The van der Waals surface area contributed by atoms with E-state index in [2.05, 4.69) is 37.7 Å². The van der Waals surface area contributed by atoms with Gasteiger partial charge in [0.15, 0.2) is 5.82 Å². The number of rotatable bonds is 8. The second-order valence-corrected chi connectivity index (χ2v) is 9.83. The van der Waals surface area contributed by atoms with Crippen LogP contribution in [0.5, 0.6) is 0 Å². The molecule has 206 valence electrons. The highest BCUT2D eigenvalue weighted by molar-refractivity contribution is 7.59. The Hall–Kier alpha value is -4.16. The van der Waals surface area contributed by atoms with E-state index in [0.717, 1.165) is 22.9 Å². The third-order valence-corrected chi connectivity index (χ3v) is 6.44. The molecule has 1 aromatic carbocycles. The third-order valence-electron chi connectivity index (χ3n) is 6.44. The van der Waals surface area contributed by atoms with Crippen molar-refractivity contribution in [2.24, 2.45) is 0 Å². The lowest BCUT2D eigenvalue weighted by Gasteiger charge is -2.34. The van der Waals surface area contributed by atoms with Crippen LogP contribution in [0.25, 0.3) is 0 Å². The number of fused-ring (bicyclic) bond motifs is 1. The Balaban J connectivity index is 0.00000420. The van der Waals surface area contributed by atoms with Crippen molar-refractivity contribution in [1.82, 2.24) is 30.3 Å². The Labute approximate surface area is 234 Å². The van der Waals surface area contributed by atoms with E-state index in [1.807, 2.05) is 63.2 Å². The normalized spacial score (nSPS) is 14.1. The number of pyridine rings is 1. The van der Waals surface area contributed by atoms with Crippen molar-refractivity contribution in [1.29, 1.82) is 0 Å². The summed E-state index contributed by atoms with van der Waals surface area (Å²) in [4.78, 5) is 45.7. The molecule has 1 atom stereocenters. The molecule has 1 aliphatic rings. The Morgan fingerprint density at radius 1 is 1.15 bits per heavy atom. The fourth-order valence-electron chi connectivity index (χ4n) is 4.42. The van der Waals surface area contributed by atoms with Crippen LogP contribution in [0, 0.1) is 0 Å². The van der Waals surface area contributed by atoms with Crippen LogP contribution in [0.15, 0.2) is 61.3 Å². The van der Waals surface area contributed by atoms with Gasteiger partial charge in [-0.3, -0.25) is 14.7 Å². The van der Waals surface area contributed by atoms with E-state index in [4.69, 9.17) is 0 Å². The summed E-state index contributed by atoms with van der Waals surface area (Å²) in [6, 6.07) is 12.5. The third kappa shape index (κ3) is 6.47. The van der Waals surface area contributed by atoms with Crippen molar-refractivity contribution < 1.29 is 14.4 Å². The first-order valence-electron chi connectivity index (χ1n) is 12.2. The van der Waals surface area contributed by atoms with E-state index in [9.17, 15) is 14.4 Å². The zero-order valence-corrected chi connectivity index (χ0v) is 23.4. The largest absolute Gasteiger partial charge is 0.330 e. The number of benzene rings is 1. The van der Waals surface area contributed by atoms with Crippen molar-refractivity contribution in [3.8, 4) is 0 Å². The summed E-state index contributed by atoms with van der Waals surface area (Å²) < 4.78 is 0. The van der Waals surface area contributed by atoms with E-state index in [1.54, 1.807) is 11.0 Å². The lowest BCUT2D eigenvalue weighted by atomic mass is 10.0. The van der Waals surface area contributed by atoms with Crippen LogP contribution in [0.4, 0.5) is 16.3 Å². The lowest BCUT2D eigenvalue weighted by Crippen LogP contribution is -2.48. The van der Waals surface area contributed by atoms with E-state index < -0.39 is 11.4 Å². The van der Waals surface area contributed by atoms with Gasteiger partial charge in [-0.05, 0) is 51.7 Å². The monoisotopic (exact) mass is 550 g/mol. The molecular formula is C27H34N8O3S. The number of nitrogens with one attached hydrogen (secondary N) is 4. The smallest absolute Gasteiger partial charge is 0.319 e. The number of carbonyl (C=O) groups excluding carboxylic acids is 3. The molecule has 0 bridgehead atoms. The van der Waals surface area contributed by atoms with Gasteiger partial charge in [0.2, 0.25) is 5.91 Å². The van der Waals surface area contributed by atoms with Gasteiger partial charge in [-0.2, -0.15) is 18.6 Å². The maximum atomic E-state index is 13.5. The van der Waals surface area contributed by atoms with Crippen LogP contribution < -0.4 is 16.0 Å². The molecule has 1 aliphatic heterocycles. The van der Waals surface area contributed by atoms with Crippen LogP contribution in [0.1, 0.15) is 47.2 Å². The Morgan fingerprint density at radius 3 is 2.49 bits per heavy atom. The van der Waals surface area contributed by atoms with Crippen molar-refractivity contribution in [3.63, 3.8) is 0 Å². The van der Waals surface area contributed by atoms with Gasteiger partial charge >= 0.3 is 6.03 Å². The van der Waals surface area contributed by atoms with Gasteiger partial charge in [0.1, 0.15) is 5.69 Å². The number of carbonyl (C=O) groups is 3. The fourth-order valence-corrected chi connectivity index (χ4v) is 4.42. The van der Waals surface area contributed by atoms with Crippen molar-refractivity contribution in [2.45, 2.75) is 32.0 Å². The van der Waals surface area contributed by atoms with Crippen LogP contribution in [-0.2, 0) is 16.9 Å². The summed E-state index contributed by atoms with van der Waals surface area (Å²) in [5.74, 6) is -0.493. The molecular weight excluding hydrogens is 516 g/mol. The van der Waals surface area contributed by atoms with Crippen LogP contribution in [-0.4, -0.2) is 63.5 Å². The molecule has 0 saturated heterocycles. The van der Waals surface area contributed by atoms with Crippen LogP contribution in [0.2, 0.25) is 0 Å². The number of urea groups is 1. The minimum absolute atomic E-state index is 0. The molecule has 11 nitrogen and oxygen atoms in total. The van der Waals surface area contributed by atoms with Gasteiger partial charge in [-0.25, -0.2) is 9.78 Å². The number of amides is 4. The first kappa shape index (κ1) is 29.4. The molecule has 39 heavy (non-hydrogen) atoms. The van der Waals surface area contributed by atoms with Crippen LogP contribution in [0.3, 0.4) is 0 Å². The van der Waals surface area contributed by atoms with Gasteiger partial charge in [0, 0.05) is 12.1 Å². The minimum atomic E-state index is -0.683. The van der Waals surface area contributed by atoms with E-state index >= 15 is 0 Å². The first-order valence-corrected chi connectivity index (χ1v) is 12.2. The highest BCUT2D eigenvalue weighted by Gasteiger charge is 2.44. The number of nitrogens with zero attached hydrogens (tertiary/aromatic N) is 4. The summed E-state index contributed by atoms with van der Waals surface area (Å²) in [5, 5.41) is 15.8. The average Bonchev–Trinajstić information content (AvgIpc) is 3.41. The zero-order valence-electron chi connectivity index (χ0n) is 22.4. The summed E-state index contributed by atoms with van der Waals surface area (Å²) in [6.45, 7) is 8.18. The minimum Gasteiger partial charge on any atom is -0.330 e. The SMILES string of the molecule is C=CC(=O)Nc1ccc(C(=O)Nc2n[nH]c3c2CN(C(=O)N[C@H](CN(C)C)c2ccccc2)C3(C)C)nc1.S. The highest BCUT2D eigenvalue weighted by atomic mass is 32.1. The van der Waals surface area contributed by atoms with Gasteiger partial charge in [0.25, 0.3) is 5.91 Å². The molecule has 2 aromatic heterocycles. The van der Waals surface area contributed by atoms with Crippen molar-refractivity contribution in [2.75, 3.05) is 31.3 Å². The molecule has 0 unspecified atom stereocenters. The van der Waals surface area contributed by atoms with Gasteiger partial charge in [0.05, 0.1) is 35.7 Å². The van der Waals surface area contributed by atoms with E-state index in [0.29, 0.717) is 18.1 Å². The van der Waals surface area contributed by atoms with E-state index in [-0.39, 0.29) is 43.7 Å². The summed E-state index contributed by atoms with van der Waals surface area (Å²) in [7, 11) is 3.93. The Kier molecular flexibility index (Phi) is 9.15. The quantitative estimate of drug-likeness (QED) is 0.318. The standard InChI is InChI=1S/C27H32N8O3.H2S/c1-6-22(36)29-18-12-13-20(28-14-18)25(37)31-24-19-15-35(27(2,3)23(19)32-33-24)26(38)30-21(16-34(4)5)17-10-8-7-9-11-17;/h6-14,21H,1,15-16H2,2-5H3,(H,29,36)(H,30,38)(H2,31,32,33,37);1H2/t21-;/m1./s1. The predicted molar refractivity (Wildman–Crippen MR) is 155 cm³/mol. The van der Waals surface area contributed by atoms with Crippen molar-refractivity contribution >= 4 is 42.8 Å². The molecule has 12 heteroatoms. The molecule has 0 fully saturated rings. The number of anilines is 2. The number of H-pyrrole nitrogens is 1. The maximum Gasteiger partial charge on any atom is 0.319 e. The molecule has 4 rings (SSSR count). The Morgan fingerprint density at radius 2 is 1.87 bits per heavy atom. The van der Waals surface area contributed by atoms with E-state index in [1.165, 1.54) is 12.3 Å². The molecule has 0 spiro atoms. The predicted octanol–water partition coefficient (Wildman–Crippen LogP) is 3.36. The highest BCUT2D eigenvalue weighted by Crippen LogP contribution is 2.40. The second-order valence-electron chi connectivity index (χ2n) is 9.83. The molecule has 3 aromatic rings. The molecule has 4 amide bonds. The molecule has 0 radical (unpaired) electrons. The molecule has 3 heterocycles. The zero-order chi connectivity index (χ0) is 27.4. The molecule has 4 N–H and O–H groups in total. The van der Waals surface area contributed by atoms with Gasteiger partial charge in [-0.15, -0.1) is 0 Å². The topological polar surface area (TPSA) is 135 Å². The summed E-state index contributed by atoms with van der Waals surface area (Å²) in [6.07, 6.45) is 2.53. The number of aromatic nitrogens is 3. The van der Waals surface area contributed by atoms with Gasteiger partial charge < -0.3 is 25.8 Å². The lowest BCUT2D eigenvalue weighted by molar-refractivity contribution is -0.111. The van der Waals surface area contributed by atoms with Crippen LogP contribution >= 0.6 is 13.5 Å². The number of hydrogen-bond donors (Lipinski definition) is 4. The fraction of sp³-hybridized carbons (Fsp3) is 0.296. The van der Waals surface area contributed by atoms with Crippen molar-refractivity contribution in [3.05, 3.63) is 83.8 Å². The van der Waals surface area contributed by atoms with Gasteiger partial charge in [-0.1, -0.05) is 36.9 Å². The summed E-state index contributed by atoms with van der Waals surface area (Å²) in [5.41, 5.74) is 2.41. The summed E-state index contributed by atoms with van der Waals surface area (Å²) >= 11 is 0. The first-order chi connectivity index (χ1) is 18.1. The average molecular weight is 551 g/mol. The number of likely N-dealkylation sites (N-methyl/N-ethyl adjacent to an activating group) is 1. The number of aromatic amines is 1. The Bertz CT molecular complexity index is 1340. The molecule has 0 saturated carbocycles. The second kappa shape index (κ2) is 12.1. The number of hydrogen-bond acceptors (Lipinski definition) is 6.